The minimum atomic E-state index is -0.276. The molecule has 0 spiro atoms. The number of ether oxygens (including phenoxy) is 2. The Morgan fingerprint density at radius 2 is 2.00 bits per heavy atom. The second-order valence-electron chi connectivity index (χ2n) is 5.93. The molecule has 6 nitrogen and oxygen atoms in total. The van der Waals surface area contributed by atoms with E-state index in [0.29, 0.717) is 29.2 Å². The molecule has 132 valence electrons. The van der Waals surface area contributed by atoms with Gasteiger partial charge in [0.1, 0.15) is 0 Å². The summed E-state index contributed by atoms with van der Waals surface area (Å²) in [7, 11) is 0. The first-order valence-electron chi connectivity index (χ1n) is 8.31. The Hall–Kier alpha value is -3.33. The Morgan fingerprint density at radius 3 is 2.73 bits per heavy atom. The maximum absolute atomic E-state index is 12.5. The van der Waals surface area contributed by atoms with Crippen LogP contribution in [0.3, 0.4) is 0 Å². The summed E-state index contributed by atoms with van der Waals surface area (Å²) in [6, 6.07) is 12.0. The Bertz CT molecular complexity index is 915. The van der Waals surface area contributed by atoms with Crippen LogP contribution in [0.15, 0.2) is 36.4 Å². The highest BCUT2D eigenvalue weighted by Gasteiger charge is 2.27. The molecule has 0 bridgehead atoms. The van der Waals surface area contributed by atoms with E-state index in [2.05, 4.69) is 5.32 Å². The minimum absolute atomic E-state index is 0.0696. The van der Waals surface area contributed by atoms with Crippen LogP contribution in [0.25, 0.3) is 0 Å². The summed E-state index contributed by atoms with van der Waals surface area (Å²) < 4.78 is 11.1. The number of rotatable bonds is 6. The van der Waals surface area contributed by atoms with Gasteiger partial charge in [0.05, 0.1) is 24.2 Å². The summed E-state index contributed by atoms with van der Waals surface area (Å²) in [5.74, 6) is 0.287. The molecule has 1 aliphatic rings. The van der Waals surface area contributed by atoms with Crippen molar-refractivity contribution in [3.8, 4) is 17.6 Å². The summed E-state index contributed by atoms with van der Waals surface area (Å²) in [4.78, 5) is 24.2. The van der Waals surface area contributed by atoms with E-state index in [-0.39, 0.29) is 24.2 Å². The highest BCUT2D eigenvalue weighted by Crippen LogP contribution is 2.33. The van der Waals surface area contributed by atoms with Crippen molar-refractivity contribution in [3.05, 3.63) is 53.1 Å². The van der Waals surface area contributed by atoms with Gasteiger partial charge in [0.15, 0.2) is 23.9 Å². The topological polar surface area (TPSA) is 88.4 Å². The fraction of sp³-hybridized carbons (Fsp3) is 0.250. The zero-order valence-corrected chi connectivity index (χ0v) is 14.5. The lowest BCUT2D eigenvalue weighted by Gasteiger charge is -2.12. The third-order valence-electron chi connectivity index (χ3n) is 4.22. The molecule has 0 aliphatic carbocycles. The molecule has 3 rings (SSSR count). The molecule has 0 saturated heterocycles. The number of carbonyl (C=O) groups is 2. The molecule has 1 heterocycles. The number of nitrogens with zero attached hydrogens (tertiary/aromatic N) is 1. The Morgan fingerprint density at radius 1 is 1.19 bits per heavy atom. The van der Waals surface area contributed by atoms with Crippen molar-refractivity contribution in [1.82, 2.24) is 0 Å². The lowest BCUT2D eigenvalue weighted by molar-refractivity contribution is -0.116. The van der Waals surface area contributed by atoms with Gasteiger partial charge in [-0.05, 0) is 49.7 Å². The van der Waals surface area contributed by atoms with Crippen LogP contribution in [0.4, 0.5) is 5.69 Å². The fourth-order valence-electron chi connectivity index (χ4n) is 2.78. The van der Waals surface area contributed by atoms with E-state index in [1.165, 1.54) is 0 Å². The minimum Gasteiger partial charge on any atom is -0.490 e. The van der Waals surface area contributed by atoms with E-state index >= 15 is 0 Å². The normalized spacial score (nSPS) is 15.0. The molecule has 2 aromatic rings. The van der Waals surface area contributed by atoms with Crippen LogP contribution in [0.5, 0.6) is 11.5 Å². The van der Waals surface area contributed by atoms with Gasteiger partial charge in [-0.3, -0.25) is 9.59 Å². The maximum atomic E-state index is 12.5. The molecule has 6 heteroatoms. The fourth-order valence-corrected chi connectivity index (χ4v) is 2.78. The van der Waals surface area contributed by atoms with Gasteiger partial charge in [-0.1, -0.05) is 0 Å². The summed E-state index contributed by atoms with van der Waals surface area (Å²) in [6.45, 7) is 3.88. The zero-order chi connectivity index (χ0) is 18.7. The first kappa shape index (κ1) is 17.5. The van der Waals surface area contributed by atoms with Crippen LogP contribution >= 0.6 is 0 Å². The van der Waals surface area contributed by atoms with Gasteiger partial charge in [0.2, 0.25) is 5.91 Å². The van der Waals surface area contributed by atoms with Crippen molar-refractivity contribution in [2.45, 2.75) is 19.8 Å². The van der Waals surface area contributed by atoms with Crippen LogP contribution in [0, 0.1) is 11.3 Å². The van der Waals surface area contributed by atoms with Gasteiger partial charge in [-0.25, -0.2) is 0 Å². The van der Waals surface area contributed by atoms with Gasteiger partial charge < -0.3 is 14.8 Å². The maximum Gasteiger partial charge on any atom is 0.231 e. The number of hydrogen-bond donors (Lipinski definition) is 1. The summed E-state index contributed by atoms with van der Waals surface area (Å²) >= 11 is 0. The average Bonchev–Trinajstić information content (AvgIpc) is 2.94. The molecular formula is C20H18N2O4. The van der Waals surface area contributed by atoms with Gasteiger partial charge in [-0.15, -0.1) is 0 Å². The van der Waals surface area contributed by atoms with Crippen LogP contribution in [0.2, 0.25) is 0 Å². The quantitative estimate of drug-likeness (QED) is 0.808. The number of carbonyl (C=O) groups excluding carboxylic acids is 2. The van der Waals surface area contributed by atoms with Crippen LogP contribution in [0.1, 0.15) is 41.3 Å². The third kappa shape index (κ3) is 3.38. The number of Topliss-reactive ketones (excluding diaryl/α,β-unsaturated/α-hetero) is 1. The van der Waals surface area contributed by atoms with E-state index in [9.17, 15) is 9.59 Å². The van der Waals surface area contributed by atoms with E-state index in [0.717, 1.165) is 11.3 Å². The molecular weight excluding hydrogens is 332 g/mol. The molecule has 1 atom stereocenters. The molecule has 1 N–H and O–H groups in total. The van der Waals surface area contributed by atoms with Crippen molar-refractivity contribution in [3.63, 3.8) is 0 Å². The van der Waals surface area contributed by atoms with Crippen molar-refractivity contribution in [2.24, 2.45) is 0 Å². The van der Waals surface area contributed by atoms with Crippen molar-refractivity contribution in [1.29, 1.82) is 5.26 Å². The second kappa shape index (κ2) is 7.28. The molecule has 0 unspecified atom stereocenters. The van der Waals surface area contributed by atoms with Crippen LogP contribution in [-0.4, -0.2) is 24.9 Å². The number of fused-ring (bicyclic) bond motifs is 1. The molecule has 2 aromatic carbocycles. The SMILES string of the molecule is CCOc1cc(C#N)ccc1OCC(=O)c1ccc2c(c1)[C@@H](C)C(=O)N2. The van der Waals surface area contributed by atoms with Crippen LogP contribution < -0.4 is 14.8 Å². The van der Waals surface area contributed by atoms with E-state index < -0.39 is 0 Å². The molecule has 0 fully saturated rings. The van der Waals surface area contributed by atoms with Crippen molar-refractivity contribution < 1.29 is 19.1 Å². The standard InChI is InChI=1S/C20H18N2O4/c1-3-25-19-8-13(10-21)4-7-18(19)26-11-17(23)14-5-6-16-15(9-14)12(2)20(24)22-16/h4-9,12H,3,11H2,1-2H3,(H,22,24)/t12-/m1/s1. The lowest BCUT2D eigenvalue weighted by Crippen LogP contribution is -2.12. The van der Waals surface area contributed by atoms with Gasteiger partial charge in [0, 0.05) is 17.3 Å². The summed E-state index contributed by atoms with van der Waals surface area (Å²) in [5.41, 5.74) is 2.50. The molecule has 1 aliphatic heterocycles. The first-order chi connectivity index (χ1) is 12.5. The number of nitrogens with one attached hydrogen (secondary N) is 1. The first-order valence-corrected chi connectivity index (χ1v) is 8.31. The largest absolute Gasteiger partial charge is 0.490 e. The number of nitriles is 1. The Labute approximate surface area is 151 Å². The third-order valence-corrected chi connectivity index (χ3v) is 4.22. The second-order valence-corrected chi connectivity index (χ2v) is 5.93. The lowest BCUT2D eigenvalue weighted by atomic mass is 9.99. The number of ketones is 1. The van der Waals surface area contributed by atoms with E-state index in [4.69, 9.17) is 14.7 Å². The van der Waals surface area contributed by atoms with Gasteiger partial charge in [0.25, 0.3) is 0 Å². The van der Waals surface area contributed by atoms with Crippen molar-refractivity contribution in [2.75, 3.05) is 18.5 Å². The molecule has 0 aromatic heterocycles. The molecule has 1 amide bonds. The zero-order valence-electron chi connectivity index (χ0n) is 14.5. The number of amides is 1. The molecule has 26 heavy (non-hydrogen) atoms. The highest BCUT2D eigenvalue weighted by atomic mass is 16.5. The number of benzene rings is 2. The Balaban J connectivity index is 1.74. The predicted molar refractivity (Wildman–Crippen MR) is 95.6 cm³/mol. The van der Waals surface area contributed by atoms with Crippen LogP contribution in [-0.2, 0) is 4.79 Å². The van der Waals surface area contributed by atoms with Gasteiger partial charge in [-0.2, -0.15) is 5.26 Å². The van der Waals surface area contributed by atoms with E-state index in [1.807, 2.05) is 13.0 Å². The smallest absolute Gasteiger partial charge is 0.231 e. The van der Waals surface area contributed by atoms with Crippen molar-refractivity contribution >= 4 is 17.4 Å². The average molecular weight is 350 g/mol. The summed E-state index contributed by atoms with van der Waals surface area (Å²) in [5, 5.41) is 11.8. The van der Waals surface area contributed by atoms with Gasteiger partial charge >= 0.3 is 0 Å². The predicted octanol–water partition coefficient (Wildman–Crippen LogP) is 3.27. The van der Waals surface area contributed by atoms with E-state index in [1.54, 1.807) is 43.3 Å². The Kier molecular flexibility index (Phi) is 4.90. The highest BCUT2D eigenvalue weighted by molar-refractivity contribution is 6.05. The number of hydrogen-bond acceptors (Lipinski definition) is 5. The monoisotopic (exact) mass is 350 g/mol. The molecule has 0 radical (unpaired) electrons. The number of anilines is 1. The summed E-state index contributed by atoms with van der Waals surface area (Å²) in [6.07, 6.45) is 0. The molecule has 0 saturated carbocycles.